The van der Waals surface area contributed by atoms with Crippen molar-refractivity contribution in [3.63, 3.8) is 0 Å². The summed E-state index contributed by atoms with van der Waals surface area (Å²) in [6.45, 7) is 67.5. The van der Waals surface area contributed by atoms with E-state index in [1.54, 1.807) is 17.7 Å². The van der Waals surface area contributed by atoms with E-state index in [-0.39, 0.29) is 0 Å². The van der Waals surface area contributed by atoms with Gasteiger partial charge in [0.15, 0.2) is 0 Å². The van der Waals surface area contributed by atoms with Gasteiger partial charge >= 0.3 is 313 Å². The summed E-state index contributed by atoms with van der Waals surface area (Å²) in [6.07, 6.45) is 12.0. The molecule has 0 saturated carbocycles. The summed E-state index contributed by atoms with van der Waals surface area (Å²) in [5.41, 5.74) is 0. The second-order valence-electron chi connectivity index (χ2n) is 24.9. The van der Waals surface area contributed by atoms with Gasteiger partial charge in [-0.25, -0.2) is 0 Å². The van der Waals surface area contributed by atoms with E-state index in [1.165, 1.54) is 0 Å². The third-order valence-electron chi connectivity index (χ3n) is 11.6. The molecule has 0 saturated heterocycles. The van der Waals surface area contributed by atoms with Crippen molar-refractivity contribution in [1.29, 1.82) is 0 Å². The normalized spacial score (nSPS) is 21.3. The fourth-order valence-corrected chi connectivity index (χ4v) is 234. The summed E-state index contributed by atoms with van der Waals surface area (Å²) in [4.78, 5) is 0. The van der Waals surface area contributed by atoms with Crippen LogP contribution < -0.4 is 0 Å². The Hall–Kier alpha value is 2.81. The van der Waals surface area contributed by atoms with Gasteiger partial charge in [0.2, 0.25) is 0 Å². The van der Waals surface area contributed by atoms with Crippen molar-refractivity contribution < 1.29 is 0 Å². The maximum absolute atomic E-state index is 3.00. The van der Waals surface area contributed by atoms with Gasteiger partial charge in [0.1, 0.15) is 0 Å². The molecule has 1 rings (SSSR count). The first-order valence-corrected chi connectivity index (χ1v) is 62.5. The molecule has 10 heteroatoms. The van der Waals surface area contributed by atoms with E-state index in [1.807, 2.05) is 0 Å². The Bertz CT molecular complexity index is 833. The average molecular weight is 983 g/mol. The molecule has 0 nitrogen and oxygen atoms in total. The summed E-state index contributed by atoms with van der Waals surface area (Å²) in [5, 5.41) is 0. The number of rotatable bonds is 12. The SMILES string of the molecule is C[Si](C)(C)[CH]([Si](C)(C)C)[Sn]1([CH]([Si](C)(C)C)[Si](C)(C)C)[CH2]/C=C\[CH2][Sn]([CH]([Si](C)(C)C)[Si](C)(C)C)([CH]([Si](C)(C)C)[Si](C)(C)C)[CH2]/C=C\[CH2]1. The molecule has 1 aliphatic rings. The molecular weight excluding hydrogens is 895 g/mol. The van der Waals surface area contributed by atoms with Crippen LogP contribution in [0.3, 0.4) is 0 Å². The quantitative estimate of drug-likeness (QED) is 0.135. The van der Waals surface area contributed by atoms with Crippen LogP contribution in [0.25, 0.3) is 0 Å². The second kappa shape index (κ2) is 15.3. The van der Waals surface area contributed by atoms with Crippen molar-refractivity contribution in [2.24, 2.45) is 0 Å². The van der Waals surface area contributed by atoms with E-state index in [4.69, 9.17) is 0 Å². The average Bonchev–Trinajstić information content (AvgIpc) is 2.65. The van der Waals surface area contributed by atoms with Crippen LogP contribution in [0.15, 0.2) is 24.3 Å². The van der Waals surface area contributed by atoms with Crippen LogP contribution in [0, 0.1) is 0 Å². The molecule has 1 aliphatic heterocycles. The standard InChI is InChI=1S/4C7H19Si2.2C4H6.2Sn/c4*1-8(2,3)7-9(4,5)6;2*1-3-4-2;;/h4*7H,1-6H3;2*3-4H,1-2H2;;/b;;;;2*4-3-;;. The molecule has 0 aromatic rings. The topological polar surface area (TPSA) is 0 Å². The summed E-state index contributed by atoms with van der Waals surface area (Å²) < 4.78 is 10.8. The van der Waals surface area contributed by atoms with Gasteiger partial charge in [-0.2, -0.15) is 0 Å². The summed E-state index contributed by atoms with van der Waals surface area (Å²) in [7, 11) is -10.9. The molecule has 0 aliphatic carbocycles. The van der Waals surface area contributed by atoms with Gasteiger partial charge in [-0.15, -0.1) is 0 Å². The van der Waals surface area contributed by atoms with Gasteiger partial charge in [-0.1, -0.05) is 0 Å². The molecule has 0 spiro atoms. The van der Waals surface area contributed by atoms with E-state index < -0.39 is 101 Å². The minimum absolute atomic E-state index is 1.15. The van der Waals surface area contributed by atoms with Gasteiger partial charge in [0, 0.05) is 0 Å². The van der Waals surface area contributed by atoms with Crippen LogP contribution in [0.4, 0.5) is 0 Å². The molecule has 46 heavy (non-hydrogen) atoms. The molecule has 272 valence electrons. The summed E-state index contributed by atoms with van der Waals surface area (Å²) >= 11 is -5.69. The predicted octanol–water partition coefficient (Wildman–Crippen LogP) is 14.5. The molecule has 0 fully saturated rings. The van der Waals surface area contributed by atoms with Crippen molar-refractivity contribution in [3.8, 4) is 0 Å². The van der Waals surface area contributed by atoms with E-state index in [0.717, 1.165) is 12.7 Å². The molecule has 0 amide bonds. The van der Waals surface area contributed by atoms with E-state index in [9.17, 15) is 0 Å². The van der Waals surface area contributed by atoms with Gasteiger partial charge in [0.25, 0.3) is 0 Å². The third kappa shape index (κ3) is 11.4. The zero-order valence-corrected chi connectivity index (χ0v) is 50.2. The molecule has 0 aromatic heterocycles. The Morgan fingerprint density at radius 2 is 0.370 bits per heavy atom. The Labute approximate surface area is 309 Å². The zero-order valence-electron chi connectivity index (χ0n) is 36.4. The first-order valence-electron chi connectivity index (χ1n) is 19.2. The zero-order chi connectivity index (χ0) is 37.0. The first kappa shape index (κ1) is 46.8. The molecule has 0 N–H and O–H groups in total. The fraction of sp³-hybridized carbons (Fsp3) is 0.889. The Balaban J connectivity index is 4.33. The van der Waals surface area contributed by atoms with Crippen molar-refractivity contribution in [3.05, 3.63) is 24.3 Å². The molecule has 0 atom stereocenters. The van der Waals surface area contributed by atoms with Crippen molar-refractivity contribution >= 4 is 101 Å². The molecule has 0 bridgehead atoms. The van der Waals surface area contributed by atoms with E-state index >= 15 is 0 Å². The van der Waals surface area contributed by atoms with Crippen molar-refractivity contribution in [2.45, 2.75) is 188 Å². The third-order valence-corrected chi connectivity index (χ3v) is 161. The van der Waals surface area contributed by atoms with Crippen LogP contribution in [0.5, 0.6) is 0 Å². The molecule has 0 unspecified atom stereocenters. The Kier molecular flexibility index (Phi) is 15.6. The van der Waals surface area contributed by atoms with Crippen LogP contribution >= 0.6 is 0 Å². The second-order valence-corrected chi connectivity index (χ2v) is 108. The monoisotopic (exact) mass is 984 g/mol. The van der Waals surface area contributed by atoms with Gasteiger partial charge < -0.3 is 0 Å². The number of hydrogen-bond acceptors (Lipinski definition) is 0. The van der Waals surface area contributed by atoms with Crippen LogP contribution in [0.2, 0.25) is 188 Å². The van der Waals surface area contributed by atoms with Crippen LogP contribution in [0.1, 0.15) is 0 Å². The Morgan fingerprint density at radius 1 is 0.261 bits per heavy atom. The molecule has 1 heterocycles. The number of hydrogen-bond donors (Lipinski definition) is 0. The van der Waals surface area contributed by atoms with E-state index in [0.29, 0.717) is 0 Å². The molecular formula is C36H88Si8Sn2. The number of allylic oxidation sites excluding steroid dienone is 4. The molecule has 0 radical (unpaired) electrons. The van der Waals surface area contributed by atoms with Crippen LogP contribution in [-0.4, -0.2) is 101 Å². The Morgan fingerprint density at radius 3 is 0.457 bits per heavy atom. The van der Waals surface area contributed by atoms with Crippen LogP contribution in [-0.2, 0) is 0 Å². The van der Waals surface area contributed by atoms with Gasteiger partial charge in [-0.05, 0) is 0 Å². The van der Waals surface area contributed by atoms with E-state index in [2.05, 4.69) is 181 Å². The minimum atomic E-state index is -2.85. The van der Waals surface area contributed by atoms with Crippen molar-refractivity contribution in [2.75, 3.05) is 0 Å². The van der Waals surface area contributed by atoms with Crippen molar-refractivity contribution in [1.82, 2.24) is 0 Å². The summed E-state index contributed by atoms with van der Waals surface area (Å²) in [6, 6.07) is 0. The predicted molar refractivity (Wildman–Crippen MR) is 251 cm³/mol. The first-order chi connectivity index (χ1) is 19.9. The summed E-state index contributed by atoms with van der Waals surface area (Å²) in [5.74, 6) is 0. The fourth-order valence-electron chi connectivity index (χ4n) is 14.7. The van der Waals surface area contributed by atoms with Gasteiger partial charge in [0.05, 0.1) is 0 Å². The maximum atomic E-state index is 3.00. The van der Waals surface area contributed by atoms with Gasteiger partial charge in [-0.3, -0.25) is 0 Å². The molecule has 0 aromatic carbocycles.